The Labute approximate surface area is 123 Å². The maximum absolute atomic E-state index is 5.79. The first-order valence-electron chi connectivity index (χ1n) is 8.22. The highest BCUT2D eigenvalue weighted by molar-refractivity contribution is 5.41. The summed E-state index contributed by atoms with van der Waals surface area (Å²) in [4.78, 5) is 0. The van der Waals surface area contributed by atoms with Gasteiger partial charge in [0.05, 0.1) is 6.61 Å². The van der Waals surface area contributed by atoms with Crippen LogP contribution < -0.4 is 10.1 Å². The van der Waals surface area contributed by atoms with Gasteiger partial charge in [-0.15, -0.1) is 0 Å². The van der Waals surface area contributed by atoms with Crippen molar-refractivity contribution in [2.45, 2.75) is 64.8 Å². The lowest BCUT2D eigenvalue weighted by Gasteiger charge is -2.28. The van der Waals surface area contributed by atoms with Crippen LogP contribution in [0.4, 0.5) is 0 Å². The van der Waals surface area contributed by atoms with E-state index in [4.69, 9.17) is 4.74 Å². The maximum Gasteiger partial charge on any atom is 0.124 e. The zero-order valence-corrected chi connectivity index (χ0v) is 13.2. The molecule has 0 aliphatic carbocycles. The average Bonchev–Trinajstić information content (AvgIpc) is 2.46. The van der Waals surface area contributed by atoms with Crippen LogP contribution in [0.1, 0.15) is 76.0 Å². The lowest BCUT2D eigenvalue weighted by atomic mass is 9.94. The van der Waals surface area contributed by atoms with Crippen molar-refractivity contribution < 1.29 is 4.74 Å². The summed E-state index contributed by atoms with van der Waals surface area (Å²) in [6, 6.07) is 7.16. The number of rotatable bonds is 7. The molecule has 1 aliphatic rings. The third-order valence-corrected chi connectivity index (χ3v) is 4.16. The van der Waals surface area contributed by atoms with Gasteiger partial charge in [0.25, 0.3) is 0 Å². The first-order valence-corrected chi connectivity index (χ1v) is 8.22. The molecule has 1 N–H and O–H groups in total. The van der Waals surface area contributed by atoms with Crippen molar-refractivity contribution >= 4 is 0 Å². The van der Waals surface area contributed by atoms with Gasteiger partial charge in [0.1, 0.15) is 5.75 Å². The van der Waals surface area contributed by atoms with Crippen LogP contribution in [0, 0.1) is 0 Å². The molecular weight excluding hydrogens is 246 g/mol. The maximum atomic E-state index is 5.79. The van der Waals surface area contributed by atoms with Crippen LogP contribution in [-0.4, -0.2) is 13.2 Å². The summed E-state index contributed by atoms with van der Waals surface area (Å²) in [6.07, 6.45) is 6.36. The number of fused-ring (bicyclic) bond motifs is 1. The second-order valence-corrected chi connectivity index (χ2v) is 6.16. The Morgan fingerprint density at radius 1 is 1.25 bits per heavy atom. The van der Waals surface area contributed by atoms with Crippen molar-refractivity contribution in [2.24, 2.45) is 0 Å². The number of unbranched alkanes of at least 4 members (excludes halogenated alkanes) is 3. The molecule has 0 saturated heterocycles. The Morgan fingerprint density at radius 3 is 2.85 bits per heavy atom. The Morgan fingerprint density at radius 2 is 2.10 bits per heavy atom. The van der Waals surface area contributed by atoms with Gasteiger partial charge in [0.15, 0.2) is 0 Å². The number of ether oxygens (including phenoxy) is 1. The molecule has 0 fully saturated rings. The smallest absolute Gasteiger partial charge is 0.124 e. The topological polar surface area (TPSA) is 21.3 Å². The van der Waals surface area contributed by atoms with E-state index in [9.17, 15) is 0 Å². The van der Waals surface area contributed by atoms with Crippen LogP contribution in [-0.2, 0) is 0 Å². The molecule has 20 heavy (non-hydrogen) atoms. The van der Waals surface area contributed by atoms with Crippen molar-refractivity contribution in [3.05, 3.63) is 29.3 Å². The summed E-state index contributed by atoms with van der Waals surface area (Å²) < 4.78 is 5.79. The van der Waals surface area contributed by atoms with E-state index in [-0.39, 0.29) is 0 Å². The van der Waals surface area contributed by atoms with Gasteiger partial charge < -0.3 is 10.1 Å². The summed E-state index contributed by atoms with van der Waals surface area (Å²) in [6.45, 7) is 8.71. The molecule has 2 nitrogen and oxygen atoms in total. The third kappa shape index (κ3) is 3.99. The van der Waals surface area contributed by atoms with Crippen molar-refractivity contribution in [1.29, 1.82) is 0 Å². The highest BCUT2D eigenvalue weighted by Crippen LogP contribution is 2.34. The minimum Gasteiger partial charge on any atom is -0.493 e. The SMILES string of the molecule is CCCCCCNC1CCOc2ccc(C(C)C)cc21. The van der Waals surface area contributed by atoms with Crippen LogP contribution >= 0.6 is 0 Å². The molecule has 1 aromatic carbocycles. The fourth-order valence-electron chi connectivity index (χ4n) is 2.81. The van der Waals surface area contributed by atoms with Crippen LogP contribution in [0.5, 0.6) is 5.75 Å². The zero-order valence-electron chi connectivity index (χ0n) is 13.2. The van der Waals surface area contributed by atoms with E-state index < -0.39 is 0 Å². The first-order chi connectivity index (χ1) is 9.72. The predicted octanol–water partition coefficient (Wildman–Crippen LogP) is 4.80. The highest BCUT2D eigenvalue weighted by Gasteiger charge is 2.21. The monoisotopic (exact) mass is 275 g/mol. The van der Waals surface area contributed by atoms with Crippen molar-refractivity contribution in [2.75, 3.05) is 13.2 Å². The third-order valence-electron chi connectivity index (χ3n) is 4.16. The van der Waals surface area contributed by atoms with E-state index in [0.717, 1.165) is 25.3 Å². The number of hydrogen-bond acceptors (Lipinski definition) is 2. The largest absolute Gasteiger partial charge is 0.493 e. The van der Waals surface area contributed by atoms with Gasteiger partial charge in [-0.25, -0.2) is 0 Å². The second-order valence-electron chi connectivity index (χ2n) is 6.16. The molecule has 0 aromatic heterocycles. The van der Waals surface area contributed by atoms with E-state index in [1.807, 2.05) is 0 Å². The second kappa shape index (κ2) is 7.68. The van der Waals surface area contributed by atoms with Gasteiger partial charge >= 0.3 is 0 Å². The standard InChI is InChI=1S/C18H29NO/c1-4-5-6-7-11-19-17-10-12-20-18-9-8-15(14(2)3)13-16(17)18/h8-9,13-14,17,19H,4-7,10-12H2,1-3H3. The van der Waals surface area contributed by atoms with E-state index in [2.05, 4.69) is 44.3 Å². The Kier molecular flexibility index (Phi) is 5.90. The molecule has 0 amide bonds. The molecule has 1 aliphatic heterocycles. The van der Waals surface area contributed by atoms with Crippen molar-refractivity contribution in [3.8, 4) is 5.75 Å². The molecule has 0 radical (unpaired) electrons. The van der Waals surface area contributed by atoms with Crippen molar-refractivity contribution in [1.82, 2.24) is 5.32 Å². The van der Waals surface area contributed by atoms with Gasteiger partial charge in [0, 0.05) is 18.0 Å². The van der Waals surface area contributed by atoms with Crippen molar-refractivity contribution in [3.63, 3.8) is 0 Å². The molecule has 0 spiro atoms. The van der Waals surface area contributed by atoms with E-state index in [1.54, 1.807) is 0 Å². The summed E-state index contributed by atoms with van der Waals surface area (Å²) in [5.74, 6) is 1.65. The zero-order chi connectivity index (χ0) is 14.4. The van der Waals surface area contributed by atoms with E-state index in [1.165, 1.54) is 36.8 Å². The fraction of sp³-hybridized carbons (Fsp3) is 0.667. The number of benzene rings is 1. The number of nitrogens with one attached hydrogen (secondary N) is 1. The van der Waals surface area contributed by atoms with E-state index >= 15 is 0 Å². The van der Waals surface area contributed by atoms with Gasteiger partial charge in [-0.2, -0.15) is 0 Å². The molecule has 1 aromatic rings. The molecule has 2 heteroatoms. The molecule has 0 saturated carbocycles. The number of hydrogen-bond donors (Lipinski definition) is 1. The minimum absolute atomic E-state index is 0.471. The van der Waals surface area contributed by atoms with Crippen LogP contribution in [0.2, 0.25) is 0 Å². The quantitative estimate of drug-likeness (QED) is 0.721. The summed E-state index contributed by atoms with van der Waals surface area (Å²) in [7, 11) is 0. The average molecular weight is 275 g/mol. The molecule has 112 valence electrons. The highest BCUT2D eigenvalue weighted by atomic mass is 16.5. The first kappa shape index (κ1) is 15.4. The lowest BCUT2D eigenvalue weighted by molar-refractivity contribution is 0.252. The Hall–Kier alpha value is -1.02. The lowest BCUT2D eigenvalue weighted by Crippen LogP contribution is -2.28. The predicted molar refractivity (Wildman–Crippen MR) is 85.5 cm³/mol. The summed E-state index contributed by atoms with van der Waals surface area (Å²) in [5.41, 5.74) is 2.77. The van der Waals surface area contributed by atoms with E-state index in [0.29, 0.717) is 12.0 Å². The van der Waals surface area contributed by atoms with Gasteiger partial charge in [-0.3, -0.25) is 0 Å². The van der Waals surface area contributed by atoms with Crippen LogP contribution in [0.3, 0.4) is 0 Å². The van der Waals surface area contributed by atoms with Gasteiger partial charge in [-0.1, -0.05) is 52.2 Å². The molecular formula is C18H29NO. The summed E-state index contributed by atoms with van der Waals surface area (Å²) >= 11 is 0. The minimum atomic E-state index is 0.471. The Bertz CT molecular complexity index is 414. The molecule has 2 rings (SSSR count). The molecule has 1 heterocycles. The summed E-state index contributed by atoms with van der Waals surface area (Å²) in [5, 5.41) is 3.72. The Balaban J connectivity index is 1.97. The van der Waals surface area contributed by atoms with Crippen LogP contribution in [0.25, 0.3) is 0 Å². The molecule has 1 atom stereocenters. The molecule has 0 bridgehead atoms. The van der Waals surface area contributed by atoms with Crippen LogP contribution in [0.15, 0.2) is 18.2 Å². The molecule has 1 unspecified atom stereocenters. The van der Waals surface area contributed by atoms with Gasteiger partial charge in [-0.05, 0) is 30.5 Å². The normalized spacial score (nSPS) is 17.9. The van der Waals surface area contributed by atoms with Gasteiger partial charge in [0.2, 0.25) is 0 Å². The fourth-order valence-corrected chi connectivity index (χ4v) is 2.81.